The predicted molar refractivity (Wildman–Crippen MR) is 89.0 cm³/mol. The van der Waals surface area contributed by atoms with Crippen molar-refractivity contribution < 1.29 is 4.42 Å². The number of hydrogen-bond donors (Lipinski definition) is 1. The summed E-state index contributed by atoms with van der Waals surface area (Å²) in [5, 5.41) is 3.49. The molecule has 2 aliphatic heterocycles. The van der Waals surface area contributed by atoms with E-state index < -0.39 is 0 Å². The first-order valence-electron chi connectivity index (χ1n) is 8.72. The van der Waals surface area contributed by atoms with Gasteiger partial charge in [-0.3, -0.25) is 9.80 Å². The maximum Gasteiger partial charge on any atom is 0.122 e. The maximum atomic E-state index is 5.78. The van der Waals surface area contributed by atoms with Gasteiger partial charge in [-0.2, -0.15) is 0 Å². The quantitative estimate of drug-likeness (QED) is 0.886. The molecule has 2 aliphatic rings. The molecule has 1 aromatic rings. The molecule has 0 radical (unpaired) electrons. The largest absolute Gasteiger partial charge is 0.468 e. The number of rotatable bonds is 5. The molecule has 0 amide bonds. The summed E-state index contributed by atoms with van der Waals surface area (Å²) >= 11 is 0. The van der Waals surface area contributed by atoms with Gasteiger partial charge in [0.2, 0.25) is 0 Å². The van der Waals surface area contributed by atoms with Gasteiger partial charge in [-0.15, -0.1) is 0 Å². The molecule has 2 fully saturated rings. The van der Waals surface area contributed by atoms with Crippen LogP contribution in [0.15, 0.2) is 22.8 Å². The molecule has 5 heteroatoms. The number of nitrogens with one attached hydrogen (secondary N) is 1. The molecule has 2 saturated heterocycles. The predicted octanol–water partition coefficient (Wildman–Crippen LogP) is 1.25. The second-order valence-corrected chi connectivity index (χ2v) is 6.56. The van der Waals surface area contributed by atoms with E-state index in [0.717, 1.165) is 31.9 Å². The smallest absolute Gasteiger partial charge is 0.122 e. The molecule has 0 spiro atoms. The number of nitrogens with zero attached hydrogens (tertiary/aromatic N) is 3. The summed E-state index contributed by atoms with van der Waals surface area (Å²) in [6, 6.07) is 5.09. The first-order valence-corrected chi connectivity index (χ1v) is 8.72. The fraction of sp³-hybridized carbons (Fsp3) is 0.765. The molecule has 0 aromatic carbocycles. The molecular formula is C17H30N4O. The van der Waals surface area contributed by atoms with Crippen molar-refractivity contribution in [3.8, 4) is 0 Å². The Morgan fingerprint density at radius 2 is 2.00 bits per heavy atom. The maximum absolute atomic E-state index is 5.78. The van der Waals surface area contributed by atoms with Gasteiger partial charge in [-0.05, 0) is 25.6 Å². The fourth-order valence-corrected chi connectivity index (χ4v) is 3.69. The van der Waals surface area contributed by atoms with Gasteiger partial charge in [-0.1, -0.05) is 6.92 Å². The molecule has 0 aliphatic carbocycles. The molecule has 1 N–H and O–H groups in total. The third-order valence-electron chi connectivity index (χ3n) is 5.17. The summed E-state index contributed by atoms with van der Waals surface area (Å²) in [5.74, 6) is 1.12. The summed E-state index contributed by atoms with van der Waals surface area (Å²) in [6.07, 6.45) is 1.81. The zero-order valence-corrected chi connectivity index (χ0v) is 14.0. The molecule has 22 heavy (non-hydrogen) atoms. The van der Waals surface area contributed by atoms with Crippen LogP contribution in [0.3, 0.4) is 0 Å². The van der Waals surface area contributed by atoms with Crippen molar-refractivity contribution in [1.82, 2.24) is 20.0 Å². The summed E-state index contributed by atoms with van der Waals surface area (Å²) < 4.78 is 5.78. The summed E-state index contributed by atoms with van der Waals surface area (Å²) in [4.78, 5) is 7.75. The molecule has 3 heterocycles. The van der Waals surface area contributed by atoms with E-state index in [0.29, 0.717) is 12.1 Å². The van der Waals surface area contributed by atoms with Crippen molar-refractivity contribution >= 4 is 0 Å². The highest BCUT2D eigenvalue weighted by Crippen LogP contribution is 2.26. The van der Waals surface area contributed by atoms with Crippen molar-refractivity contribution in [2.45, 2.75) is 25.9 Å². The lowest BCUT2D eigenvalue weighted by molar-refractivity contribution is 0.0529. The monoisotopic (exact) mass is 306 g/mol. The molecule has 0 bridgehead atoms. The average molecular weight is 306 g/mol. The third-order valence-corrected chi connectivity index (χ3v) is 5.17. The van der Waals surface area contributed by atoms with Crippen molar-refractivity contribution in [1.29, 1.82) is 0 Å². The van der Waals surface area contributed by atoms with Crippen molar-refractivity contribution in [3.05, 3.63) is 24.2 Å². The highest BCUT2D eigenvalue weighted by Gasteiger charge is 2.31. The Morgan fingerprint density at radius 1 is 1.23 bits per heavy atom. The lowest BCUT2D eigenvalue weighted by atomic mass is 10.1. The van der Waals surface area contributed by atoms with Crippen LogP contribution in [0.4, 0.5) is 0 Å². The Labute approximate surface area is 134 Å². The second-order valence-electron chi connectivity index (χ2n) is 6.56. The van der Waals surface area contributed by atoms with Crippen LogP contribution in [-0.2, 0) is 0 Å². The average Bonchev–Trinajstić information content (AvgIpc) is 3.08. The molecule has 0 saturated carbocycles. The minimum Gasteiger partial charge on any atom is -0.468 e. The Morgan fingerprint density at radius 3 is 2.64 bits per heavy atom. The minimum absolute atomic E-state index is 0.375. The zero-order valence-electron chi connectivity index (χ0n) is 14.0. The minimum atomic E-state index is 0.375. The van der Waals surface area contributed by atoms with Gasteiger partial charge < -0.3 is 14.6 Å². The van der Waals surface area contributed by atoms with Crippen LogP contribution < -0.4 is 5.32 Å². The number of likely N-dealkylation sites (N-methyl/N-ethyl adjacent to an activating group) is 1. The van der Waals surface area contributed by atoms with Crippen LogP contribution >= 0.6 is 0 Å². The molecule has 1 aromatic heterocycles. The van der Waals surface area contributed by atoms with Crippen molar-refractivity contribution in [2.75, 3.05) is 58.9 Å². The van der Waals surface area contributed by atoms with Crippen LogP contribution in [0.5, 0.6) is 0 Å². The SMILES string of the molecule is CCN1CCN(CC(c2ccco2)N2CCNCC2C)CC1. The van der Waals surface area contributed by atoms with Crippen molar-refractivity contribution in [2.24, 2.45) is 0 Å². The third kappa shape index (κ3) is 3.71. The van der Waals surface area contributed by atoms with Gasteiger partial charge in [0.1, 0.15) is 5.76 Å². The standard InChI is InChI=1S/C17H30N4O/c1-3-19-8-10-20(11-9-19)14-16(17-5-4-12-22-17)21-7-6-18-13-15(21)2/h4-5,12,15-16,18H,3,6-11,13-14H2,1-2H3. The molecule has 2 unspecified atom stereocenters. The molecule has 2 atom stereocenters. The van der Waals surface area contributed by atoms with Gasteiger partial charge in [0, 0.05) is 58.4 Å². The normalized spacial score (nSPS) is 27.1. The van der Waals surface area contributed by atoms with Gasteiger partial charge >= 0.3 is 0 Å². The first kappa shape index (κ1) is 16.0. The number of hydrogen-bond acceptors (Lipinski definition) is 5. The highest BCUT2D eigenvalue weighted by atomic mass is 16.3. The topological polar surface area (TPSA) is 34.9 Å². The molecule has 124 valence electrons. The fourth-order valence-electron chi connectivity index (χ4n) is 3.69. The van der Waals surface area contributed by atoms with E-state index in [9.17, 15) is 0 Å². The van der Waals surface area contributed by atoms with E-state index in [4.69, 9.17) is 4.42 Å². The first-order chi connectivity index (χ1) is 10.8. The Kier molecular flexibility index (Phi) is 5.52. The van der Waals surface area contributed by atoms with Gasteiger partial charge in [0.15, 0.2) is 0 Å². The molecule has 3 rings (SSSR count). The zero-order chi connectivity index (χ0) is 15.4. The van der Waals surface area contributed by atoms with E-state index in [1.54, 1.807) is 0 Å². The Bertz CT molecular complexity index is 428. The van der Waals surface area contributed by atoms with Crippen LogP contribution in [0.1, 0.15) is 25.6 Å². The lowest BCUT2D eigenvalue weighted by Gasteiger charge is -2.42. The van der Waals surface area contributed by atoms with Crippen LogP contribution in [0.2, 0.25) is 0 Å². The van der Waals surface area contributed by atoms with Crippen LogP contribution in [0, 0.1) is 0 Å². The Balaban J connectivity index is 1.67. The summed E-state index contributed by atoms with van der Waals surface area (Å²) in [7, 11) is 0. The van der Waals surface area contributed by atoms with Crippen LogP contribution in [0.25, 0.3) is 0 Å². The van der Waals surface area contributed by atoms with E-state index in [-0.39, 0.29) is 0 Å². The van der Waals surface area contributed by atoms with E-state index in [1.807, 2.05) is 12.3 Å². The van der Waals surface area contributed by atoms with E-state index >= 15 is 0 Å². The lowest BCUT2D eigenvalue weighted by Crippen LogP contribution is -2.54. The van der Waals surface area contributed by atoms with E-state index in [2.05, 4.69) is 39.9 Å². The van der Waals surface area contributed by atoms with Crippen molar-refractivity contribution in [3.63, 3.8) is 0 Å². The second kappa shape index (κ2) is 7.59. The van der Waals surface area contributed by atoms with Gasteiger partial charge in [0.05, 0.1) is 12.3 Å². The number of furan rings is 1. The number of piperazine rings is 2. The van der Waals surface area contributed by atoms with E-state index in [1.165, 1.54) is 32.7 Å². The molecule has 5 nitrogen and oxygen atoms in total. The summed E-state index contributed by atoms with van der Waals surface area (Å²) in [5.41, 5.74) is 0. The highest BCUT2D eigenvalue weighted by molar-refractivity contribution is 5.07. The van der Waals surface area contributed by atoms with Crippen LogP contribution in [-0.4, -0.2) is 79.6 Å². The molecular weight excluding hydrogens is 276 g/mol. The Hall–Kier alpha value is -0.880. The summed E-state index contributed by atoms with van der Waals surface area (Å²) in [6.45, 7) is 14.8. The van der Waals surface area contributed by atoms with Gasteiger partial charge in [0.25, 0.3) is 0 Å². The van der Waals surface area contributed by atoms with Gasteiger partial charge in [-0.25, -0.2) is 0 Å².